The molecule has 0 amide bonds. The molecule has 1 aromatic carbocycles. The summed E-state index contributed by atoms with van der Waals surface area (Å²) in [5.74, 6) is -0.0937. The summed E-state index contributed by atoms with van der Waals surface area (Å²) >= 11 is 3.06. The zero-order valence-corrected chi connectivity index (χ0v) is 8.62. The monoisotopic (exact) mass is 239 g/mol. The number of alkyl halides is 1. The number of benzene rings is 1. The molecule has 0 saturated heterocycles. The Morgan fingerprint density at radius 3 is 2.54 bits per heavy atom. The lowest BCUT2D eigenvalue weighted by Gasteiger charge is -1.96. The molecule has 0 heterocycles. The predicted molar refractivity (Wildman–Crippen MR) is 57.4 cm³/mol. The van der Waals surface area contributed by atoms with Crippen molar-refractivity contribution in [3.05, 3.63) is 41.6 Å². The average molecular weight is 240 g/mol. The molecule has 0 fully saturated rings. The number of halogens is 1. The van der Waals surface area contributed by atoms with Gasteiger partial charge in [0.15, 0.2) is 5.78 Å². The fourth-order valence-corrected chi connectivity index (χ4v) is 1.21. The first kappa shape index (κ1) is 9.99. The number of allylic oxidation sites excluding steroid dienone is 1. The van der Waals surface area contributed by atoms with Crippen molar-refractivity contribution in [3.8, 4) is 0 Å². The first-order valence-corrected chi connectivity index (χ1v) is 4.97. The van der Waals surface area contributed by atoms with Crippen LogP contribution in [0.2, 0.25) is 0 Å². The van der Waals surface area contributed by atoms with Crippen molar-refractivity contribution in [2.45, 2.75) is 0 Å². The molecule has 2 N–H and O–H groups in total. The molecule has 0 radical (unpaired) electrons. The largest absolute Gasteiger partial charge is 0.396 e. The number of carbonyl (C=O) groups is 1. The van der Waals surface area contributed by atoms with Crippen molar-refractivity contribution in [2.75, 3.05) is 5.33 Å². The van der Waals surface area contributed by atoms with Gasteiger partial charge in [0.25, 0.3) is 0 Å². The minimum absolute atomic E-state index is 0.0937. The quantitative estimate of drug-likeness (QED) is 0.648. The molecule has 0 aliphatic rings. The van der Waals surface area contributed by atoms with Gasteiger partial charge in [0.2, 0.25) is 0 Å². The van der Waals surface area contributed by atoms with E-state index in [1.165, 1.54) is 0 Å². The van der Waals surface area contributed by atoms with E-state index in [2.05, 4.69) is 15.9 Å². The maximum atomic E-state index is 11.1. The molecule has 0 saturated carbocycles. The van der Waals surface area contributed by atoms with Gasteiger partial charge >= 0.3 is 0 Å². The zero-order valence-electron chi connectivity index (χ0n) is 7.03. The van der Waals surface area contributed by atoms with E-state index >= 15 is 0 Å². The van der Waals surface area contributed by atoms with E-state index in [1.807, 2.05) is 30.3 Å². The maximum Gasteiger partial charge on any atom is 0.188 e. The molecule has 68 valence electrons. The van der Waals surface area contributed by atoms with Gasteiger partial charge in [-0.2, -0.15) is 0 Å². The van der Waals surface area contributed by atoms with E-state index < -0.39 is 0 Å². The summed E-state index contributed by atoms with van der Waals surface area (Å²) in [4.78, 5) is 11.1. The van der Waals surface area contributed by atoms with Crippen molar-refractivity contribution in [1.29, 1.82) is 0 Å². The highest BCUT2D eigenvalue weighted by Gasteiger charge is 2.01. The Hall–Kier alpha value is -1.09. The Labute approximate surface area is 85.6 Å². The van der Waals surface area contributed by atoms with Gasteiger partial charge in [-0.05, 0) is 11.6 Å². The van der Waals surface area contributed by atoms with E-state index in [-0.39, 0.29) is 16.8 Å². The van der Waals surface area contributed by atoms with Crippen LogP contribution in [0.15, 0.2) is 36.0 Å². The lowest BCUT2D eigenvalue weighted by Crippen LogP contribution is -2.11. The van der Waals surface area contributed by atoms with Crippen LogP contribution >= 0.6 is 15.9 Å². The second-order valence-corrected chi connectivity index (χ2v) is 3.13. The van der Waals surface area contributed by atoms with Crippen LogP contribution in [0.25, 0.3) is 6.08 Å². The van der Waals surface area contributed by atoms with E-state index in [9.17, 15) is 4.79 Å². The van der Waals surface area contributed by atoms with Gasteiger partial charge in [0, 0.05) is 0 Å². The number of nitrogens with two attached hydrogens (primary N) is 1. The number of Topliss-reactive ketones (excluding diaryl/α,β-unsaturated/α-hetero) is 1. The van der Waals surface area contributed by atoms with Crippen LogP contribution in [0.1, 0.15) is 5.56 Å². The number of carbonyl (C=O) groups excluding carboxylic acids is 1. The van der Waals surface area contributed by atoms with E-state index in [4.69, 9.17) is 5.73 Å². The molecule has 0 unspecified atom stereocenters. The minimum Gasteiger partial charge on any atom is -0.396 e. The molecule has 2 nitrogen and oxygen atoms in total. The summed E-state index contributed by atoms with van der Waals surface area (Å²) < 4.78 is 0. The Morgan fingerprint density at radius 1 is 1.38 bits per heavy atom. The third kappa shape index (κ3) is 3.03. The minimum atomic E-state index is -0.0937. The number of rotatable bonds is 3. The van der Waals surface area contributed by atoms with Crippen LogP contribution in [-0.2, 0) is 4.79 Å². The van der Waals surface area contributed by atoms with Crippen molar-refractivity contribution in [1.82, 2.24) is 0 Å². The highest BCUT2D eigenvalue weighted by atomic mass is 79.9. The number of hydrogen-bond donors (Lipinski definition) is 1. The number of hydrogen-bond acceptors (Lipinski definition) is 2. The normalized spacial score (nSPS) is 11.3. The van der Waals surface area contributed by atoms with Crippen molar-refractivity contribution < 1.29 is 4.79 Å². The van der Waals surface area contributed by atoms with Gasteiger partial charge in [0.05, 0.1) is 11.0 Å². The molecular weight excluding hydrogens is 230 g/mol. The maximum absolute atomic E-state index is 11.1. The third-order valence-electron chi connectivity index (χ3n) is 1.57. The van der Waals surface area contributed by atoms with Gasteiger partial charge < -0.3 is 5.73 Å². The van der Waals surface area contributed by atoms with Crippen molar-refractivity contribution >= 4 is 27.8 Å². The first-order chi connectivity index (χ1) is 6.24. The van der Waals surface area contributed by atoms with Crippen LogP contribution in [0.3, 0.4) is 0 Å². The summed E-state index contributed by atoms with van der Waals surface area (Å²) in [6.45, 7) is 0. The highest BCUT2D eigenvalue weighted by Crippen LogP contribution is 2.04. The van der Waals surface area contributed by atoms with Gasteiger partial charge in [-0.15, -0.1) is 0 Å². The summed E-state index contributed by atoms with van der Waals surface area (Å²) in [6, 6.07) is 9.51. The smallest absolute Gasteiger partial charge is 0.188 e. The number of ketones is 1. The third-order valence-corrected chi connectivity index (χ3v) is 2.07. The van der Waals surface area contributed by atoms with Gasteiger partial charge in [-0.1, -0.05) is 46.3 Å². The fourth-order valence-electron chi connectivity index (χ4n) is 0.886. The van der Waals surface area contributed by atoms with E-state index in [1.54, 1.807) is 6.08 Å². The van der Waals surface area contributed by atoms with Gasteiger partial charge in [-0.25, -0.2) is 0 Å². The Balaban J connectivity index is 2.83. The molecule has 0 aromatic heterocycles. The fraction of sp³-hybridized carbons (Fsp3) is 0.100. The van der Waals surface area contributed by atoms with Crippen LogP contribution in [0, 0.1) is 0 Å². The van der Waals surface area contributed by atoms with Crippen LogP contribution in [0.4, 0.5) is 0 Å². The average Bonchev–Trinajstić information content (AvgIpc) is 2.18. The topological polar surface area (TPSA) is 43.1 Å². The summed E-state index contributed by atoms with van der Waals surface area (Å²) in [5.41, 5.74) is 6.76. The second kappa shape index (κ2) is 4.82. The van der Waals surface area contributed by atoms with Crippen LogP contribution in [-0.4, -0.2) is 11.1 Å². The zero-order chi connectivity index (χ0) is 9.68. The lowest BCUT2D eigenvalue weighted by atomic mass is 10.2. The van der Waals surface area contributed by atoms with E-state index in [0.717, 1.165) is 5.56 Å². The molecule has 1 aromatic rings. The van der Waals surface area contributed by atoms with Crippen LogP contribution in [0.5, 0.6) is 0 Å². The van der Waals surface area contributed by atoms with Crippen molar-refractivity contribution in [2.24, 2.45) is 5.73 Å². The molecule has 0 bridgehead atoms. The van der Waals surface area contributed by atoms with Crippen molar-refractivity contribution in [3.63, 3.8) is 0 Å². The molecule has 1 rings (SSSR count). The second-order valence-electron chi connectivity index (χ2n) is 2.57. The summed E-state index contributed by atoms with van der Waals surface area (Å²) in [5, 5.41) is 0.266. The van der Waals surface area contributed by atoms with Crippen LogP contribution < -0.4 is 5.73 Å². The molecule has 3 heteroatoms. The predicted octanol–water partition coefficient (Wildman–Crippen LogP) is 1.95. The first-order valence-electron chi connectivity index (χ1n) is 3.85. The molecule has 0 spiro atoms. The Morgan fingerprint density at radius 2 is 2.00 bits per heavy atom. The Bertz CT molecular complexity index is 319. The summed E-state index contributed by atoms with van der Waals surface area (Å²) in [6.07, 6.45) is 1.67. The molecule has 0 atom stereocenters. The highest BCUT2D eigenvalue weighted by molar-refractivity contribution is 9.09. The molecule has 0 aliphatic carbocycles. The Kier molecular flexibility index (Phi) is 3.71. The SMILES string of the molecule is NC(=Cc1ccccc1)C(=O)CBr. The molecule has 0 aliphatic heterocycles. The lowest BCUT2D eigenvalue weighted by molar-refractivity contribution is -0.113. The summed E-state index contributed by atoms with van der Waals surface area (Å²) in [7, 11) is 0. The van der Waals surface area contributed by atoms with Gasteiger partial charge in [0.1, 0.15) is 0 Å². The van der Waals surface area contributed by atoms with E-state index in [0.29, 0.717) is 0 Å². The molecule has 13 heavy (non-hydrogen) atoms. The van der Waals surface area contributed by atoms with Gasteiger partial charge in [-0.3, -0.25) is 4.79 Å². The standard InChI is InChI=1S/C10H10BrNO/c11-7-10(13)9(12)6-8-4-2-1-3-5-8/h1-6H,7,12H2. The molecular formula is C10H10BrNO.